The van der Waals surface area contributed by atoms with Gasteiger partial charge in [0.2, 0.25) is 0 Å². The van der Waals surface area contributed by atoms with Crippen molar-refractivity contribution in [2.75, 3.05) is 19.6 Å². The van der Waals surface area contributed by atoms with Crippen molar-refractivity contribution in [2.45, 2.75) is 52.7 Å². The number of hydrogen-bond acceptors (Lipinski definition) is 2. The zero-order valence-corrected chi connectivity index (χ0v) is 11.1. The molecule has 2 nitrogen and oxygen atoms in total. The van der Waals surface area contributed by atoms with E-state index >= 15 is 0 Å². The molecule has 0 bridgehead atoms. The highest BCUT2D eigenvalue weighted by molar-refractivity contribution is 5.01. The molecule has 1 aliphatic heterocycles. The minimum absolute atomic E-state index is 0.0895. The smallest absolute Gasteiger partial charge is 0.115 e. The Morgan fingerprint density at radius 2 is 1.88 bits per heavy atom. The van der Waals surface area contributed by atoms with Crippen molar-refractivity contribution in [1.82, 2.24) is 4.90 Å². The summed E-state index contributed by atoms with van der Waals surface area (Å²) in [5.41, 5.74) is 0. The van der Waals surface area contributed by atoms with E-state index in [9.17, 15) is 0 Å². The van der Waals surface area contributed by atoms with Gasteiger partial charge in [0.1, 0.15) is 6.10 Å². The van der Waals surface area contributed by atoms with Gasteiger partial charge in [0.05, 0.1) is 6.10 Å². The number of hydrogen-bond donors (Lipinski definition) is 0. The fourth-order valence-corrected chi connectivity index (χ4v) is 2.27. The molecule has 16 heavy (non-hydrogen) atoms. The molecule has 1 rings (SSSR count). The lowest BCUT2D eigenvalue weighted by atomic mass is 10.1. The Labute approximate surface area is 100 Å². The van der Waals surface area contributed by atoms with Gasteiger partial charge >= 0.3 is 0 Å². The SMILES string of the molecule is CC#C[C@H](C)OC1CCN(CC(C)C)CC1. The van der Waals surface area contributed by atoms with Crippen LogP contribution in [0.4, 0.5) is 0 Å². The Morgan fingerprint density at radius 3 is 2.38 bits per heavy atom. The van der Waals surface area contributed by atoms with Gasteiger partial charge in [-0.2, -0.15) is 0 Å². The van der Waals surface area contributed by atoms with E-state index in [1.54, 1.807) is 0 Å². The molecule has 0 aromatic rings. The Hall–Kier alpha value is -0.520. The van der Waals surface area contributed by atoms with Crippen molar-refractivity contribution in [3.05, 3.63) is 0 Å². The quantitative estimate of drug-likeness (QED) is 0.679. The first-order chi connectivity index (χ1) is 7.61. The highest BCUT2D eigenvalue weighted by Gasteiger charge is 2.21. The van der Waals surface area contributed by atoms with E-state index in [0.29, 0.717) is 6.10 Å². The van der Waals surface area contributed by atoms with Gasteiger partial charge in [-0.25, -0.2) is 0 Å². The first kappa shape index (κ1) is 13.5. The molecule has 1 atom stereocenters. The number of ether oxygens (including phenoxy) is 1. The third-order valence-electron chi connectivity index (χ3n) is 2.90. The van der Waals surface area contributed by atoms with Crippen LogP contribution < -0.4 is 0 Å². The molecule has 0 amide bonds. The monoisotopic (exact) mass is 223 g/mol. The third kappa shape index (κ3) is 5.01. The van der Waals surface area contributed by atoms with Gasteiger partial charge in [-0.15, -0.1) is 5.92 Å². The summed E-state index contributed by atoms with van der Waals surface area (Å²) in [4.78, 5) is 2.54. The highest BCUT2D eigenvalue weighted by Crippen LogP contribution is 2.16. The molecule has 0 unspecified atom stereocenters. The fraction of sp³-hybridized carbons (Fsp3) is 0.857. The Morgan fingerprint density at radius 1 is 1.25 bits per heavy atom. The van der Waals surface area contributed by atoms with Crippen molar-refractivity contribution < 1.29 is 4.74 Å². The maximum absolute atomic E-state index is 5.88. The minimum atomic E-state index is 0.0895. The van der Waals surface area contributed by atoms with Crippen LogP contribution in [0, 0.1) is 17.8 Å². The van der Waals surface area contributed by atoms with Gasteiger partial charge in [0.15, 0.2) is 0 Å². The van der Waals surface area contributed by atoms with E-state index in [1.165, 1.54) is 19.6 Å². The second kappa shape index (κ2) is 6.93. The summed E-state index contributed by atoms with van der Waals surface area (Å²) in [6.45, 7) is 12.0. The molecule has 1 aliphatic rings. The second-order valence-electron chi connectivity index (χ2n) is 5.07. The first-order valence-corrected chi connectivity index (χ1v) is 6.42. The van der Waals surface area contributed by atoms with E-state index in [0.717, 1.165) is 18.8 Å². The number of nitrogens with zero attached hydrogens (tertiary/aromatic N) is 1. The van der Waals surface area contributed by atoms with E-state index in [1.807, 2.05) is 13.8 Å². The van der Waals surface area contributed by atoms with Crippen molar-refractivity contribution in [3.8, 4) is 11.8 Å². The van der Waals surface area contributed by atoms with Crippen LogP contribution in [0.2, 0.25) is 0 Å². The molecule has 1 fully saturated rings. The van der Waals surface area contributed by atoms with E-state index in [-0.39, 0.29) is 6.10 Å². The molecule has 0 radical (unpaired) electrons. The Kier molecular flexibility index (Phi) is 5.87. The van der Waals surface area contributed by atoms with Crippen LogP contribution in [0.3, 0.4) is 0 Å². The lowest BCUT2D eigenvalue weighted by molar-refractivity contribution is -0.0134. The summed E-state index contributed by atoms with van der Waals surface area (Å²) in [5, 5.41) is 0. The summed E-state index contributed by atoms with van der Waals surface area (Å²) >= 11 is 0. The van der Waals surface area contributed by atoms with Crippen LogP contribution >= 0.6 is 0 Å². The van der Waals surface area contributed by atoms with E-state index in [2.05, 4.69) is 30.6 Å². The molecule has 0 aromatic heterocycles. The second-order valence-corrected chi connectivity index (χ2v) is 5.07. The first-order valence-electron chi connectivity index (χ1n) is 6.42. The number of likely N-dealkylation sites (tertiary alicyclic amines) is 1. The van der Waals surface area contributed by atoms with Crippen LogP contribution in [-0.4, -0.2) is 36.7 Å². The molecule has 2 heteroatoms. The van der Waals surface area contributed by atoms with Gasteiger partial charge < -0.3 is 9.64 Å². The molecule has 0 N–H and O–H groups in total. The number of piperidine rings is 1. The average molecular weight is 223 g/mol. The van der Waals surface area contributed by atoms with Crippen molar-refractivity contribution in [3.63, 3.8) is 0 Å². The summed E-state index contributed by atoms with van der Waals surface area (Å²) in [6, 6.07) is 0. The van der Waals surface area contributed by atoms with Crippen LogP contribution in [0.1, 0.15) is 40.5 Å². The van der Waals surface area contributed by atoms with Crippen molar-refractivity contribution in [2.24, 2.45) is 5.92 Å². The fourth-order valence-electron chi connectivity index (χ4n) is 2.27. The maximum Gasteiger partial charge on any atom is 0.115 e. The molecule has 1 saturated heterocycles. The summed E-state index contributed by atoms with van der Waals surface area (Å²) < 4.78 is 5.88. The molecule has 0 spiro atoms. The zero-order valence-electron chi connectivity index (χ0n) is 11.1. The highest BCUT2D eigenvalue weighted by atomic mass is 16.5. The van der Waals surface area contributed by atoms with Crippen LogP contribution in [-0.2, 0) is 4.74 Å². The summed E-state index contributed by atoms with van der Waals surface area (Å²) in [5.74, 6) is 6.72. The van der Waals surface area contributed by atoms with E-state index < -0.39 is 0 Å². The molecule has 0 aliphatic carbocycles. The molecule has 1 heterocycles. The Balaban J connectivity index is 2.23. The standard InChI is InChI=1S/C14H25NO/c1-5-6-13(4)16-14-7-9-15(10-8-14)11-12(2)3/h12-14H,7-11H2,1-4H3/t13-/m0/s1. The lowest BCUT2D eigenvalue weighted by Gasteiger charge is -2.33. The number of rotatable bonds is 4. The minimum Gasteiger partial charge on any atom is -0.362 e. The van der Waals surface area contributed by atoms with Gasteiger partial charge in [-0.1, -0.05) is 19.8 Å². The third-order valence-corrected chi connectivity index (χ3v) is 2.90. The van der Waals surface area contributed by atoms with Crippen LogP contribution in [0.15, 0.2) is 0 Å². The molecule has 0 saturated carbocycles. The van der Waals surface area contributed by atoms with Gasteiger partial charge in [-0.3, -0.25) is 0 Å². The average Bonchev–Trinajstić information content (AvgIpc) is 2.20. The topological polar surface area (TPSA) is 12.5 Å². The molecule has 92 valence electrons. The van der Waals surface area contributed by atoms with Crippen LogP contribution in [0.5, 0.6) is 0 Å². The summed E-state index contributed by atoms with van der Waals surface area (Å²) in [6.07, 6.45) is 2.82. The summed E-state index contributed by atoms with van der Waals surface area (Å²) in [7, 11) is 0. The molecular formula is C14H25NO. The molecule has 0 aromatic carbocycles. The zero-order chi connectivity index (χ0) is 12.0. The predicted octanol–water partition coefficient (Wildman–Crippen LogP) is 2.54. The normalized spacial score (nSPS) is 20.6. The Bertz CT molecular complexity index is 243. The molecular weight excluding hydrogens is 198 g/mol. The lowest BCUT2D eigenvalue weighted by Crippen LogP contribution is -2.39. The van der Waals surface area contributed by atoms with Crippen molar-refractivity contribution >= 4 is 0 Å². The van der Waals surface area contributed by atoms with Gasteiger partial charge in [0.25, 0.3) is 0 Å². The maximum atomic E-state index is 5.88. The van der Waals surface area contributed by atoms with E-state index in [4.69, 9.17) is 4.74 Å². The largest absolute Gasteiger partial charge is 0.362 e. The predicted molar refractivity (Wildman–Crippen MR) is 68.3 cm³/mol. The van der Waals surface area contributed by atoms with Gasteiger partial charge in [0, 0.05) is 19.6 Å². The van der Waals surface area contributed by atoms with Crippen molar-refractivity contribution in [1.29, 1.82) is 0 Å². The van der Waals surface area contributed by atoms with Gasteiger partial charge in [-0.05, 0) is 32.6 Å². The van der Waals surface area contributed by atoms with Crippen LogP contribution in [0.25, 0.3) is 0 Å².